The van der Waals surface area contributed by atoms with Gasteiger partial charge in [0.1, 0.15) is 6.04 Å². The molecule has 0 fully saturated rings. The van der Waals surface area contributed by atoms with Gasteiger partial charge in [0.2, 0.25) is 0 Å². The predicted octanol–water partition coefficient (Wildman–Crippen LogP) is 1.62. The zero-order valence-corrected chi connectivity index (χ0v) is 13.0. The number of hydrogen-bond donors (Lipinski definition) is 2. The van der Waals surface area contributed by atoms with E-state index >= 15 is 0 Å². The SMILES string of the molecule is CC(C)C(NC(=O)c1cnn(-c2ccc([N+](=O)[O-])cc2)c1)C(=O)O. The van der Waals surface area contributed by atoms with Crippen LogP contribution in [-0.4, -0.2) is 37.7 Å². The Hall–Kier alpha value is -3.23. The van der Waals surface area contributed by atoms with Crippen LogP contribution < -0.4 is 5.32 Å². The number of carboxylic acid groups (broad SMARTS) is 1. The topological polar surface area (TPSA) is 127 Å². The second-order valence-corrected chi connectivity index (χ2v) is 5.48. The van der Waals surface area contributed by atoms with Crippen LogP contribution in [0, 0.1) is 16.0 Å². The number of non-ortho nitro benzene ring substituents is 1. The molecule has 0 saturated carbocycles. The zero-order valence-electron chi connectivity index (χ0n) is 13.0. The number of aliphatic carboxylic acids is 1. The van der Waals surface area contributed by atoms with Crippen LogP contribution in [0.4, 0.5) is 5.69 Å². The van der Waals surface area contributed by atoms with Crippen LogP contribution >= 0.6 is 0 Å². The predicted molar refractivity (Wildman–Crippen MR) is 83.9 cm³/mol. The third-order valence-corrected chi connectivity index (χ3v) is 3.39. The maximum atomic E-state index is 12.1. The van der Waals surface area contributed by atoms with Gasteiger partial charge < -0.3 is 10.4 Å². The molecule has 0 aliphatic carbocycles. The van der Waals surface area contributed by atoms with E-state index in [-0.39, 0.29) is 17.2 Å². The summed E-state index contributed by atoms with van der Waals surface area (Å²) in [5.41, 5.74) is 0.684. The van der Waals surface area contributed by atoms with Gasteiger partial charge in [-0.05, 0) is 18.1 Å². The summed E-state index contributed by atoms with van der Waals surface area (Å²) in [5.74, 6) is -1.93. The van der Waals surface area contributed by atoms with E-state index in [9.17, 15) is 19.7 Å². The summed E-state index contributed by atoms with van der Waals surface area (Å²) in [4.78, 5) is 33.4. The first-order valence-corrected chi connectivity index (χ1v) is 7.12. The van der Waals surface area contributed by atoms with Crippen molar-refractivity contribution in [2.24, 2.45) is 5.92 Å². The molecule has 2 rings (SSSR count). The minimum atomic E-state index is -1.11. The summed E-state index contributed by atoms with van der Waals surface area (Å²) < 4.78 is 1.38. The van der Waals surface area contributed by atoms with Gasteiger partial charge in [0.05, 0.1) is 22.4 Å². The minimum Gasteiger partial charge on any atom is -0.480 e. The number of aromatic nitrogens is 2. The van der Waals surface area contributed by atoms with Crippen LogP contribution in [-0.2, 0) is 4.79 Å². The Morgan fingerprint density at radius 1 is 1.29 bits per heavy atom. The second kappa shape index (κ2) is 6.90. The smallest absolute Gasteiger partial charge is 0.326 e. The lowest BCUT2D eigenvalue weighted by Crippen LogP contribution is -2.44. The summed E-state index contributed by atoms with van der Waals surface area (Å²) in [6.07, 6.45) is 2.73. The summed E-state index contributed by atoms with van der Waals surface area (Å²) in [5, 5.41) is 26.2. The van der Waals surface area contributed by atoms with Crippen molar-refractivity contribution in [3.8, 4) is 5.69 Å². The average Bonchev–Trinajstić information content (AvgIpc) is 3.01. The van der Waals surface area contributed by atoms with Gasteiger partial charge in [-0.3, -0.25) is 14.9 Å². The maximum Gasteiger partial charge on any atom is 0.326 e. The van der Waals surface area contributed by atoms with Crippen molar-refractivity contribution in [1.29, 1.82) is 0 Å². The Labute approximate surface area is 137 Å². The van der Waals surface area contributed by atoms with Crippen LogP contribution in [0.1, 0.15) is 24.2 Å². The number of rotatable bonds is 6. The van der Waals surface area contributed by atoms with Crippen LogP contribution in [0.15, 0.2) is 36.7 Å². The average molecular weight is 332 g/mol. The molecule has 0 saturated heterocycles. The van der Waals surface area contributed by atoms with Gasteiger partial charge in [-0.15, -0.1) is 0 Å². The summed E-state index contributed by atoms with van der Waals surface area (Å²) >= 11 is 0. The van der Waals surface area contributed by atoms with E-state index in [0.717, 1.165) is 0 Å². The molecule has 1 aromatic carbocycles. The number of nitrogens with one attached hydrogen (secondary N) is 1. The fraction of sp³-hybridized carbons (Fsp3) is 0.267. The third-order valence-electron chi connectivity index (χ3n) is 3.39. The molecule has 2 aromatic rings. The number of nitro benzene ring substituents is 1. The molecule has 24 heavy (non-hydrogen) atoms. The van der Waals surface area contributed by atoms with Gasteiger partial charge in [0.15, 0.2) is 0 Å². The normalized spacial score (nSPS) is 12.0. The number of carbonyl (C=O) groups excluding carboxylic acids is 1. The monoisotopic (exact) mass is 332 g/mol. The molecular formula is C15H16N4O5. The molecule has 1 amide bonds. The molecule has 0 radical (unpaired) electrons. The number of amides is 1. The highest BCUT2D eigenvalue weighted by Gasteiger charge is 2.24. The highest BCUT2D eigenvalue weighted by molar-refractivity contribution is 5.96. The molecule has 9 nitrogen and oxygen atoms in total. The Kier molecular flexibility index (Phi) is 4.93. The Morgan fingerprint density at radius 3 is 2.42 bits per heavy atom. The lowest BCUT2D eigenvalue weighted by atomic mass is 10.0. The van der Waals surface area contributed by atoms with Gasteiger partial charge in [0.25, 0.3) is 11.6 Å². The highest BCUT2D eigenvalue weighted by atomic mass is 16.6. The van der Waals surface area contributed by atoms with E-state index in [2.05, 4.69) is 10.4 Å². The van der Waals surface area contributed by atoms with Crippen LogP contribution in [0.5, 0.6) is 0 Å². The number of benzene rings is 1. The summed E-state index contributed by atoms with van der Waals surface area (Å²) in [7, 11) is 0. The van der Waals surface area contributed by atoms with E-state index in [1.54, 1.807) is 13.8 Å². The number of nitrogens with zero attached hydrogens (tertiary/aromatic N) is 3. The molecule has 1 aromatic heterocycles. The van der Waals surface area contributed by atoms with Crippen LogP contribution in [0.25, 0.3) is 5.69 Å². The third kappa shape index (κ3) is 3.75. The maximum absolute atomic E-state index is 12.1. The zero-order chi connectivity index (χ0) is 17.9. The first-order chi connectivity index (χ1) is 11.3. The molecule has 0 bridgehead atoms. The quantitative estimate of drug-likeness (QED) is 0.611. The van der Waals surface area contributed by atoms with Crippen LogP contribution in [0.3, 0.4) is 0 Å². The van der Waals surface area contributed by atoms with Crippen molar-refractivity contribution < 1.29 is 19.6 Å². The molecule has 1 heterocycles. The van der Waals surface area contributed by atoms with Gasteiger partial charge in [-0.2, -0.15) is 5.10 Å². The van der Waals surface area contributed by atoms with E-state index < -0.39 is 22.8 Å². The largest absolute Gasteiger partial charge is 0.480 e. The van der Waals surface area contributed by atoms with E-state index in [1.165, 1.54) is 41.3 Å². The van der Waals surface area contributed by atoms with E-state index in [0.29, 0.717) is 5.69 Å². The Morgan fingerprint density at radius 2 is 1.92 bits per heavy atom. The molecule has 9 heteroatoms. The Balaban J connectivity index is 2.16. The molecule has 0 aliphatic heterocycles. The van der Waals surface area contributed by atoms with Crippen molar-refractivity contribution in [2.45, 2.75) is 19.9 Å². The lowest BCUT2D eigenvalue weighted by Gasteiger charge is -2.17. The molecule has 0 aliphatic rings. The van der Waals surface area contributed by atoms with Crippen LogP contribution in [0.2, 0.25) is 0 Å². The highest BCUT2D eigenvalue weighted by Crippen LogP contribution is 2.15. The van der Waals surface area contributed by atoms with Gasteiger partial charge in [0, 0.05) is 18.3 Å². The van der Waals surface area contributed by atoms with Gasteiger partial charge in [-0.1, -0.05) is 13.8 Å². The standard InChI is InChI=1S/C15H16N4O5/c1-9(2)13(15(21)22)17-14(20)10-7-16-18(8-10)11-3-5-12(6-4-11)19(23)24/h3-9,13H,1-2H3,(H,17,20)(H,21,22). The molecule has 1 unspecified atom stereocenters. The number of nitro groups is 1. The van der Waals surface area contributed by atoms with E-state index in [4.69, 9.17) is 5.11 Å². The lowest BCUT2D eigenvalue weighted by molar-refractivity contribution is -0.384. The van der Waals surface area contributed by atoms with Gasteiger partial charge in [-0.25, -0.2) is 9.48 Å². The fourth-order valence-corrected chi connectivity index (χ4v) is 2.05. The first-order valence-electron chi connectivity index (χ1n) is 7.12. The molecular weight excluding hydrogens is 316 g/mol. The van der Waals surface area contributed by atoms with Crippen molar-refractivity contribution in [3.63, 3.8) is 0 Å². The van der Waals surface area contributed by atoms with E-state index in [1.807, 2.05) is 0 Å². The van der Waals surface area contributed by atoms with Crippen molar-refractivity contribution in [3.05, 3.63) is 52.3 Å². The van der Waals surface area contributed by atoms with Crippen molar-refractivity contribution in [2.75, 3.05) is 0 Å². The molecule has 1 atom stereocenters. The summed E-state index contributed by atoms with van der Waals surface area (Å²) in [6, 6.07) is 4.66. The first kappa shape index (κ1) is 17.1. The number of carbonyl (C=O) groups is 2. The molecule has 126 valence electrons. The molecule has 0 spiro atoms. The van der Waals surface area contributed by atoms with Crippen molar-refractivity contribution >= 4 is 17.6 Å². The second-order valence-electron chi connectivity index (χ2n) is 5.48. The number of carboxylic acids is 1. The van der Waals surface area contributed by atoms with Gasteiger partial charge >= 0.3 is 5.97 Å². The van der Waals surface area contributed by atoms with Crippen molar-refractivity contribution in [1.82, 2.24) is 15.1 Å². The minimum absolute atomic E-state index is 0.0508. The fourth-order valence-electron chi connectivity index (χ4n) is 2.05. The Bertz CT molecular complexity index is 766. The number of hydrogen-bond acceptors (Lipinski definition) is 5. The molecule has 2 N–H and O–H groups in total. The summed E-state index contributed by atoms with van der Waals surface area (Å²) in [6.45, 7) is 3.39.